The van der Waals surface area contributed by atoms with Crippen LogP contribution in [0.3, 0.4) is 0 Å². The molecule has 1 rings (SSSR count). The van der Waals surface area contributed by atoms with Crippen LogP contribution in [0.2, 0.25) is 0 Å². The molecule has 16 heavy (non-hydrogen) atoms. The Morgan fingerprint density at radius 3 is 2.75 bits per heavy atom. The third-order valence-electron chi connectivity index (χ3n) is 1.46. The Labute approximate surface area is 99.1 Å². The van der Waals surface area contributed by atoms with Gasteiger partial charge < -0.3 is 4.42 Å². The van der Waals surface area contributed by atoms with Gasteiger partial charge in [-0.25, -0.2) is 4.39 Å². The van der Waals surface area contributed by atoms with E-state index in [1.165, 1.54) is 5.37 Å². The molecule has 0 radical (unpaired) electrons. The zero-order chi connectivity index (χ0) is 12.0. The number of thioether (sulfide) groups is 1. The van der Waals surface area contributed by atoms with Gasteiger partial charge in [0, 0.05) is 12.2 Å². The van der Waals surface area contributed by atoms with Crippen LogP contribution in [0.1, 0.15) is 12.3 Å². The molecule has 0 N–H and O–H groups in total. The monoisotopic (exact) mass is 268 g/mol. The normalized spacial score (nSPS) is 10.2. The predicted molar refractivity (Wildman–Crippen MR) is 57.3 cm³/mol. The lowest BCUT2D eigenvalue weighted by Crippen LogP contribution is -1.82. The van der Waals surface area contributed by atoms with Crippen molar-refractivity contribution in [3.63, 3.8) is 0 Å². The molecule has 0 saturated carbocycles. The van der Waals surface area contributed by atoms with Gasteiger partial charge in [-0.3, -0.25) is 0 Å². The Morgan fingerprint density at radius 2 is 2.12 bits per heavy atom. The van der Waals surface area contributed by atoms with E-state index in [1.807, 2.05) is 0 Å². The third-order valence-corrected chi connectivity index (χ3v) is 2.45. The molecule has 0 saturated heterocycles. The molecule has 0 atom stereocenters. The van der Waals surface area contributed by atoms with Gasteiger partial charge in [-0.05, 0) is 5.37 Å². The Kier molecular flexibility index (Phi) is 5.47. The summed E-state index contributed by atoms with van der Waals surface area (Å²) in [6.07, 6.45) is -2.28. The van der Waals surface area contributed by atoms with E-state index in [2.05, 4.69) is 22.4 Å². The summed E-state index contributed by atoms with van der Waals surface area (Å²) in [6, 6.07) is 0. The Balaban J connectivity index is 2.37. The second kappa shape index (κ2) is 6.64. The molecule has 1 aromatic rings. The largest absolute Gasteiger partial charge is 0.416 e. The fourth-order valence-corrected chi connectivity index (χ4v) is 1.62. The summed E-state index contributed by atoms with van der Waals surface area (Å²) in [7, 11) is 0. The quantitative estimate of drug-likeness (QED) is 0.585. The van der Waals surface area contributed by atoms with Crippen molar-refractivity contribution >= 4 is 29.3 Å². The second-order valence-electron chi connectivity index (χ2n) is 2.60. The Bertz CT molecular complexity index is 390. The fourth-order valence-electron chi connectivity index (χ4n) is 0.773. The molecule has 8 heteroatoms. The lowest BCUT2D eigenvalue weighted by atomic mass is 10.4. The summed E-state index contributed by atoms with van der Waals surface area (Å²) in [5, 5.41) is 8.93. The zero-order valence-electron chi connectivity index (χ0n) is 7.95. The number of aromatic nitrogens is 2. The molecule has 1 heterocycles. The summed E-state index contributed by atoms with van der Waals surface area (Å²) in [6.45, 7) is 0. The van der Waals surface area contributed by atoms with E-state index in [9.17, 15) is 13.2 Å². The minimum atomic E-state index is -2.28. The summed E-state index contributed by atoms with van der Waals surface area (Å²) in [4.78, 5) is 0. The van der Waals surface area contributed by atoms with Crippen molar-refractivity contribution in [1.82, 2.24) is 10.2 Å². The first-order chi connectivity index (χ1) is 7.63. The van der Waals surface area contributed by atoms with E-state index in [4.69, 9.17) is 4.42 Å². The standard InChI is InChI=1S/C8H7F3N2OS2/c9-5(7(10)11)2-4-16-8-13-12-6(14-8)1-3-15/h3H,1-2,4H2. The SMILES string of the molecule is FC(F)=C(F)CCSc1nnc(CC=S)o1. The topological polar surface area (TPSA) is 38.9 Å². The highest BCUT2D eigenvalue weighted by molar-refractivity contribution is 7.99. The first-order valence-corrected chi connectivity index (χ1v) is 5.67. The van der Waals surface area contributed by atoms with Gasteiger partial charge in [0.2, 0.25) is 5.89 Å². The van der Waals surface area contributed by atoms with Crippen LogP contribution in [0, 0.1) is 0 Å². The van der Waals surface area contributed by atoms with Gasteiger partial charge in [0.25, 0.3) is 5.22 Å². The molecule has 0 aliphatic heterocycles. The molecule has 0 fully saturated rings. The van der Waals surface area contributed by atoms with Crippen LogP contribution in [0.4, 0.5) is 13.2 Å². The van der Waals surface area contributed by atoms with Crippen LogP contribution < -0.4 is 0 Å². The smallest absolute Gasteiger partial charge is 0.301 e. The van der Waals surface area contributed by atoms with Crippen LogP contribution in [-0.2, 0) is 6.42 Å². The van der Waals surface area contributed by atoms with Gasteiger partial charge in [-0.2, -0.15) is 8.78 Å². The predicted octanol–water partition coefficient (Wildman–Crippen LogP) is 3.17. The average molecular weight is 268 g/mol. The molecule has 0 aliphatic carbocycles. The number of rotatable bonds is 6. The van der Waals surface area contributed by atoms with Gasteiger partial charge in [0.05, 0.1) is 6.42 Å². The minimum absolute atomic E-state index is 0.113. The number of thiocarbonyl (C=S) groups is 1. The molecular formula is C8H7F3N2OS2. The summed E-state index contributed by atoms with van der Waals surface area (Å²) < 4.78 is 40.8. The minimum Gasteiger partial charge on any atom is -0.416 e. The van der Waals surface area contributed by atoms with Crippen molar-refractivity contribution in [1.29, 1.82) is 0 Å². The number of nitrogens with zero attached hydrogens (tertiary/aromatic N) is 2. The lowest BCUT2D eigenvalue weighted by molar-refractivity contribution is 0.373. The zero-order valence-corrected chi connectivity index (χ0v) is 9.58. The number of hydrogen-bond donors (Lipinski definition) is 0. The van der Waals surface area contributed by atoms with Crippen molar-refractivity contribution in [2.45, 2.75) is 18.1 Å². The number of allylic oxidation sites excluding steroid dienone is 1. The summed E-state index contributed by atoms with van der Waals surface area (Å²) >= 11 is 5.61. The van der Waals surface area contributed by atoms with Gasteiger partial charge >= 0.3 is 6.08 Å². The third kappa shape index (κ3) is 4.31. The van der Waals surface area contributed by atoms with Crippen molar-refractivity contribution in [2.75, 3.05) is 5.75 Å². The van der Waals surface area contributed by atoms with Crippen molar-refractivity contribution in [3.05, 3.63) is 17.8 Å². The van der Waals surface area contributed by atoms with Crippen LogP contribution in [0.25, 0.3) is 0 Å². The average Bonchev–Trinajstić information content (AvgIpc) is 2.66. The van der Waals surface area contributed by atoms with Crippen LogP contribution in [-0.4, -0.2) is 21.3 Å². The van der Waals surface area contributed by atoms with Crippen molar-refractivity contribution < 1.29 is 17.6 Å². The van der Waals surface area contributed by atoms with Gasteiger partial charge in [0.15, 0.2) is 5.83 Å². The molecule has 3 nitrogen and oxygen atoms in total. The highest BCUT2D eigenvalue weighted by Gasteiger charge is 2.08. The van der Waals surface area contributed by atoms with E-state index < -0.39 is 11.9 Å². The highest BCUT2D eigenvalue weighted by Crippen LogP contribution is 2.21. The first kappa shape index (κ1) is 13.2. The number of halogens is 3. The van der Waals surface area contributed by atoms with Gasteiger partial charge in [0.1, 0.15) is 0 Å². The molecule has 0 unspecified atom stereocenters. The maximum Gasteiger partial charge on any atom is 0.301 e. The maximum absolute atomic E-state index is 12.4. The Morgan fingerprint density at radius 1 is 1.38 bits per heavy atom. The lowest BCUT2D eigenvalue weighted by Gasteiger charge is -1.93. The molecule has 0 bridgehead atoms. The van der Waals surface area contributed by atoms with E-state index in [1.54, 1.807) is 0 Å². The fraction of sp³-hybridized carbons (Fsp3) is 0.375. The Hall–Kier alpha value is -0.890. The first-order valence-electron chi connectivity index (χ1n) is 4.22. The van der Waals surface area contributed by atoms with Crippen LogP contribution in [0.5, 0.6) is 0 Å². The number of hydrogen-bond acceptors (Lipinski definition) is 5. The van der Waals surface area contributed by atoms with Crippen LogP contribution >= 0.6 is 24.0 Å². The molecular weight excluding hydrogens is 261 g/mol. The van der Waals surface area contributed by atoms with Crippen LogP contribution in [0.15, 0.2) is 21.5 Å². The van der Waals surface area contributed by atoms with E-state index in [-0.39, 0.29) is 17.4 Å². The molecule has 0 amide bonds. The van der Waals surface area contributed by atoms with E-state index >= 15 is 0 Å². The maximum atomic E-state index is 12.4. The molecule has 1 aromatic heterocycles. The molecule has 0 spiro atoms. The van der Waals surface area contributed by atoms with Crippen molar-refractivity contribution in [2.24, 2.45) is 0 Å². The molecule has 0 aromatic carbocycles. The van der Waals surface area contributed by atoms with E-state index in [0.29, 0.717) is 12.3 Å². The second-order valence-corrected chi connectivity index (χ2v) is 3.98. The molecule has 0 aliphatic rings. The highest BCUT2D eigenvalue weighted by atomic mass is 32.2. The molecule has 88 valence electrons. The summed E-state index contributed by atoms with van der Waals surface area (Å²) in [5.41, 5.74) is 0. The van der Waals surface area contributed by atoms with Crippen molar-refractivity contribution in [3.8, 4) is 0 Å². The van der Waals surface area contributed by atoms with Gasteiger partial charge in [-0.1, -0.05) is 24.0 Å². The van der Waals surface area contributed by atoms with E-state index in [0.717, 1.165) is 11.8 Å². The van der Waals surface area contributed by atoms with Gasteiger partial charge in [-0.15, -0.1) is 10.2 Å². The summed E-state index contributed by atoms with van der Waals surface area (Å²) in [5.74, 6) is -0.945.